The first-order chi connectivity index (χ1) is 7.22. The molecule has 0 radical (unpaired) electrons. The van der Waals surface area contributed by atoms with E-state index in [0.29, 0.717) is 12.8 Å². The first-order valence-corrected chi connectivity index (χ1v) is 9.15. The Morgan fingerprint density at radius 1 is 1.38 bits per heavy atom. The minimum atomic E-state index is -3.11. The Hall–Kier alpha value is -0.140. The summed E-state index contributed by atoms with van der Waals surface area (Å²) in [6.07, 6.45) is 3.47. The zero-order valence-corrected chi connectivity index (χ0v) is 11.1. The van der Waals surface area contributed by atoms with E-state index in [1.807, 2.05) is 0 Å². The minimum absolute atomic E-state index is 0.0415. The molecule has 0 aromatic heterocycles. The SMILES string of the molecule is CS(=O)(=O)CCC(N)C1CCCCS1(=O)=O. The van der Waals surface area contributed by atoms with Gasteiger partial charge >= 0.3 is 0 Å². The molecule has 0 bridgehead atoms. The van der Waals surface area contributed by atoms with Crippen molar-refractivity contribution in [2.45, 2.75) is 37.0 Å². The molecule has 0 amide bonds. The Kier molecular flexibility index (Phi) is 4.36. The molecule has 0 aliphatic carbocycles. The lowest BCUT2D eigenvalue weighted by Gasteiger charge is -2.27. The van der Waals surface area contributed by atoms with Crippen molar-refractivity contribution in [3.05, 3.63) is 0 Å². The molecule has 2 N–H and O–H groups in total. The van der Waals surface area contributed by atoms with Crippen LogP contribution in [0.4, 0.5) is 0 Å². The third-order valence-electron chi connectivity index (χ3n) is 2.93. The van der Waals surface area contributed by atoms with E-state index in [0.717, 1.165) is 12.7 Å². The van der Waals surface area contributed by atoms with Gasteiger partial charge in [-0.2, -0.15) is 0 Å². The van der Waals surface area contributed by atoms with Crippen molar-refractivity contribution in [2.24, 2.45) is 5.73 Å². The maximum absolute atomic E-state index is 11.7. The molecule has 0 aromatic rings. The van der Waals surface area contributed by atoms with Gasteiger partial charge in [0.05, 0.1) is 16.8 Å². The Bertz CT molecular complexity index is 426. The van der Waals surface area contributed by atoms with Crippen LogP contribution in [-0.2, 0) is 19.7 Å². The van der Waals surface area contributed by atoms with Crippen molar-refractivity contribution in [1.82, 2.24) is 0 Å². The van der Waals surface area contributed by atoms with Crippen LogP contribution in [0.2, 0.25) is 0 Å². The second kappa shape index (κ2) is 5.01. The summed E-state index contributed by atoms with van der Waals surface area (Å²) in [5.74, 6) is 0.143. The van der Waals surface area contributed by atoms with Gasteiger partial charge in [-0.15, -0.1) is 0 Å². The summed E-state index contributed by atoms with van der Waals surface area (Å²) >= 11 is 0. The van der Waals surface area contributed by atoms with Gasteiger partial charge in [0, 0.05) is 12.3 Å². The second-order valence-electron chi connectivity index (χ2n) is 4.48. The summed E-state index contributed by atoms with van der Waals surface area (Å²) in [6.45, 7) is 0. The lowest BCUT2D eigenvalue weighted by atomic mass is 10.1. The van der Waals surface area contributed by atoms with Crippen LogP contribution < -0.4 is 5.73 Å². The average molecular weight is 269 g/mol. The van der Waals surface area contributed by atoms with Crippen molar-refractivity contribution in [3.63, 3.8) is 0 Å². The average Bonchev–Trinajstić information content (AvgIpc) is 2.12. The van der Waals surface area contributed by atoms with E-state index in [1.165, 1.54) is 0 Å². The molecule has 5 nitrogen and oxygen atoms in total. The highest BCUT2D eigenvalue weighted by Crippen LogP contribution is 2.22. The second-order valence-corrected chi connectivity index (χ2v) is 9.08. The molecular formula is C9H19NO4S2. The Morgan fingerprint density at radius 2 is 2.00 bits per heavy atom. The van der Waals surface area contributed by atoms with Gasteiger partial charge in [0.2, 0.25) is 0 Å². The maximum atomic E-state index is 11.7. The Balaban J connectivity index is 2.62. The fourth-order valence-electron chi connectivity index (χ4n) is 2.00. The number of rotatable bonds is 4. The first kappa shape index (κ1) is 13.9. The summed E-state index contributed by atoms with van der Waals surface area (Å²) in [6, 6.07) is -0.556. The topological polar surface area (TPSA) is 94.3 Å². The number of sulfone groups is 2. The Morgan fingerprint density at radius 3 is 2.50 bits per heavy atom. The van der Waals surface area contributed by atoms with Gasteiger partial charge in [0.15, 0.2) is 9.84 Å². The first-order valence-electron chi connectivity index (χ1n) is 5.37. The van der Waals surface area contributed by atoms with Gasteiger partial charge in [-0.1, -0.05) is 6.42 Å². The smallest absolute Gasteiger partial charge is 0.154 e. The molecule has 1 fully saturated rings. The Labute approximate surface area is 97.2 Å². The summed E-state index contributed by atoms with van der Waals surface area (Å²) in [7, 11) is -6.18. The maximum Gasteiger partial charge on any atom is 0.154 e. The summed E-state index contributed by atoms with van der Waals surface area (Å²) in [5, 5.41) is -0.553. The van der Waals surface area contributed by atoms with E-state index in [1.54, 1.807) is 0 Å². The molecule has 1 aliphatic rings. The molecule has 16 heavy (non-hydrogen) atoms. The molecule has 0 aromatic carbocycles. The molecule has 0 spiro atoms. The fourth-order valence-corrected chi connectivity index (χ4v) is 4.80. The third kappa shape index (κ3) is 4.03. The zero-order chi connectivity index (χ0) is 12.4. The summed E-state index contributed by atoms with van der Waals surface area (Å²) in [5.41, 5.74) is 5.79. The van der Waals surface area contributed by atoms with E-state index in [-0.39, 0.29) is 17.9 Å². The molecule has 1 aliphatic heterocycles. The lowest BCUT2D eigenvalue weighted by Crippen LogP contribution is -2.44. The number of nitrogens with two attached hydrogens (primary N) is 1. The van der Waals surface area contributed by atoms with Crippen molar-refractivity contribution in [1.29, 1.82) is 0 Å². The molecule has 1 saturated heterocycles. The van der Waals surface area contributed by atoms with Crippen LogP contribution in [0.25, 0.3) is 0 Å². The predicted octanol–water partition coefficient (Wildman–Crippen LogP) is -0.284. The predicted molar refractivity (Wildman–Crippen MR) is 63.7 cm³/mol. The van der Waals surface area contributed by atoms with Gasteiger partial charge < -0.3 is 5.73 Å². The standard InChI is InChI=1S/C9H19NO4S2/c1-15(11,12)7-5-8(10)9-4-2-3-6-16(9,13)14/h8-9H,2-7,10H2,1H3. The molecule has 96 valence electrons. The fraction of sp³-hybridized carbons (Fsp3) is 1.00. The van der Waals surface area contributed by atoms with Gasteiger partial charge in [0.25, 0.3) is 0 Å². The van der Waals surface area contributed by atoms with Crippen LogP contribution in [0.15, 0.2) is 0 Å². The van der Waals surface area contributed by atoms with Gasteiger partial charge in [-0.25, -0.2) is 16.8 Å². The van der Waals surface area contributed by atoms with E-state index in [4.69, 9.17) is 5.73 Å². The zero-order valence-electron chi connectivity index (χ0n) is 9.42. The van der Waals surface area contributed by atoms with Crippen LogP contribution in [-0.4, -0.2) is 45.9 Å². The molecular weight excluding hydrogens is 250 g/mol. The summed E-state index contributed by atoms with van der Waals surface area (Å²) in [4.78, 5) is 0. The van der Waals surface area contributed by atoms with E-state index < -0.39 is 31.0 Å². The molecule has 1 heterocycles. The number of hydrogen-bond donors (Lipinski definition) is 1. The molecule has 1 rings (SSSR count). The largest absolute Gasteiger partial charge is 0.326 e. The highest BCUT2D eigenvalue weighted by atomic mass is 32.2. The van der Waals surface area contributed by atoms with E-state index >= 15 is 0 Å². The monoisotopic (exact) mass is 269 g/mol. The molecule has 7 heteroatoms. The highest BCUT2D eigenvalue weighted by Gasteiger charge is 2.33. The van der Waals surface area contributed by atoms with Crippen molar-refractivity contribution in [2.75, 3.05) is 17.8 Å². The van der Waals surface area contributed by atoms with Gasteiger partial charge in [-0.3, -0.25) is 0 Å². The lowest BCUT2D eigenvalue weighted by molar-refractivity contribution is 0.488. The minimum Gasteiger partial charge on any atom is -0.326 e. The van der Waals surface area contributed by atoms with Crippen molar-refractivity contribution < 1.29 is 16.8 Å². The van der Waals surface area contributed by atoms with E-state index in [2.05, 4.69) is 0 Å². The van der Waals surface area contributed by atoms with E-state index in [9.17, 15) is 16.8 Å². The van der Waals surface area contributed by atoms with Crippen molar-refractivity contribution >= 4 is 19.7 Å². The normalized spacial score (nSPS) is 27.5. The summed E-state index contributed by atoms with van der Waals surface area (Å²) < 4.78 is 45.4. The highest BCUT2D eigenvalue weighted by molar-refractivity contribution is 7.92. The van der Waals surface area contributed by atoms with Crippen LogP contribution in [0.1, 0.15) is 25.7 Å². The van der Waals surface area contributed by atoms with Crippen LogP contribution in [0.3, 0.4) is 0 Å². The van der Waals surface area contributed by atoms with Gasteiger partial charge in [0.1, 0.15) is 9.84 Å². The molecule has 0 saturated carbocycles. The van der Waals surface area contributed by atoms with Crippen molar-refractivity contribution in [3.8, 4) is 0 Å². The van der Waals surface area contributed by atoms with Gasteiger partial charge in [-0.05, 0) is 19.3 Å². The van der Waals surface area contributed by atoms with Crippen LogP contribution in [0.5, 0.6) is 0 Å². The quantitative estimate of drug-likeness (QED) is 0.757. The molecule has 2 atom stereocenters. The third-order valence-corrected chi connectivity index (χ3v) is 6.27. The number of hydrogen-bond acceptors (Lipinski definition) is 5. The molecule has 2 unspecified atom stereocenters. The van der Waals surface area contributed by atoms with Crippen LogP contribution in [0, 0.1) is 0 Å². The van der Waals surface area contributed by atoms with Crippen LogP contribution >= 0.6 is 0 Å².